The van der Waals surface area contributed by atoms with Crippen LogP contribution in [0, 0.1) is 0 Å². The Balaban J connectivity index is 0.00000176. The highest BCUT2D eigenvalue weighted by Crippen LogP contribution is 2.26. The van der Waals surface area contributed by atoms with Crippen molar-refractivity contribution in [2.75, 3.05) is 39.5 Å². The van der Waals surface area contributed by atoms with E-state index in [4.69, 9.17) is 21.1 Å². The number of carbonyl (C=O) groups excluding carboxylic acids is 1. The second-order valence-corrected chi connectivity index (χ2v) is 5.68. The third kappa shape index (κ3) is 3.91. The molecule has 0 spiro atoms. The summed E-state index contributed by atoms with van der Waals surface area (Å²) in [6.07, 6.45) is -0.487. The zero-order valence-corrected chi connectivity index (χ0v) is 13.7. The van der Waals surface area contributed by atoms with Crippen LogP contribution in [0.5, 0.6) is 0 Å². The Labute approximate surface area is 141 Å². The number of carbonyl (C=O) groups is 1. The molecule has 2 aliphatic rings. The van der Waals surface area contributed by atoms with Crippen LogP contribution in [0.4, 0.5) is 0 Å². The minimum absolute atomic E-state index is 0. The van der Waals surface area contributed by atoms with Gasteiger partial charge in [0.15, 0.2) is 6.10 Å². The Hall–Kier alpha value is -0.850. The second-order valence-electron chi connectivity index (χ2n) is 5.24. The largest absolute Gasteiger partial charge is 0.376 e. The average molecular weight is 347 g/mol. The summed E-state index contributed by atoms with van der Waals surface area (Å²) in [7, 11) is 0. The van der Waals surface area contributed by atoms with Gasteiger partial charge in [-0.2, -0.15) is 0 Å². The lowest BCUT2D eigenvalue weighted by Crippen LogP contribution is -2.53. The highest BCUT2D eigenvalue weighted by atomic mass is 35.5. The first-order chi connectivity index (χ1) is 10.3. The third-order valence-corrected chi connectivity index (χ3v) is 4.09. The predicted molar refractivity (Wildman–Crippen MR) is 86.6 cm³/mol. The first kappa shape index (κ1) is 17.5. The fourth-order valence-corrected chi connectivity index (χ4v) is 2.99. The van der Waals surface area contributed by atoms with Gasteiger partial charge >= 0.3 is 0 Å². The van der Waals surface area contributed by atoms with E-state index in [1.807, 2.05) is 29.2 Å². The molecule has 2 unspecified atom stereocenters. The van der Waals surface area contributed by atoms with Gasteiger partial charge in [-0.1, -0.05) is 23.7 Å². The van der Waals surface area contributed by atoms with Gasteiger partial charge in [-0.25, -0.2) is 0 Å². The van der Waals surface area contributed by atoms with Gasteiger partial charge in [0.25, 0.3) is 5.91 Å². The van der Waals surface area contributed by atoms with Crippen LogP contribution in [0.2, 0.25) is 5.02 Å². The first-order valence-electron chi connectivity index (χ1n) is 7.22. The van der Waals surface area contributed by atoms with Crippen LogP contribution in [-0.2, 0) is 14.3 Å². The molecule has 122 valence electrons. The van der Waals surface area contributed by atoms with Gasteiger partial charge in [0.1, 0.15) is 0 Å². The monoisotopic (exact) mass is 346 g/mol. The zero-order chi connectivity index (χ0) is 14.7. The van der Waals surface area contributed by atoms with Crippen LogP contribution in [0.1, 0.15) is 11.6 Å². The summed E-state index contributed by atoms with van der Waals surface area (Å²) in [6, 6.07) is 7.65. The summed E-state index contributed by atoms with van der Waals surface area (Å²) in [5, 5.41) is 4.01. The van der Waals surface area contributed by atoms with Crippen LogP contribution in [0.25, 0.3) is 0 Å². The molecule has 22 heavy (non-hydrogen) atoms. The highest BCUT2D eigenvalue weighted by molar-refractivity contribution is 6.30. The molecule has 0 radical (unpaired) electrons. The molecule has 3 rings (SSSR count). The van der Waals surface area contributed by atoms with Crippen LogP contribution in [0.3, 0.4) is 0 Å². The first-order valence-corrected chi connectivity index (χ1v) is 7.59. The van der Waals surface area contributed by atoms with Gasteiger partial charge in [0.2, 0.25) is 0 Å². The maximum Gasteiger partial charge on any atom is 0.254 e. The third-order valence-electron chi connectivity index (χ3n) is 3.85. The van der Waals surface area contributed by atoms with E-state index in [-0.39, 0.29) is 24.4 Å². The molecule has 7 heteroatoms. The predicted octanol–water partition coefficient (Wildman–Crippen LogP) is 1.65. The lowest BCUT2D eigenvalue weighted by Gasteiger charge is -2.39. The topological polar surface area (TPSA) is 50.8 Å². The number of nitrogens with zero attached hydrogens (tertiary/aromatic N) is 1. The number of rotatable bonds is 2. The number of hydrogen-bond acceptors (Lipinski definition) is 4. The average Bonchev–Trinajstić information content (AvgIpc) is 2.55. The van der Waals surface area contributed by atoms with Crippen LogP contribution in [-0.4, -0.2) is 56.4 Å². The van der Waals surface area contributed by atoms with E-state index >= 15 is 0 Å². The van der Waals surface area contributed by atoms with E-state index in [0.29, 0.717) is 31.4 Å². The Bertz CT molecular complexity index is 509. The fraction of sp³-hybridized carbons (Fsp3) is 0.533. The van der Waals surface area contributed by atoms with Gasteiger partial charge in [0.05, 0.1) is 25.9 Å². The molecule has 1 amide bonds. The summed E-state index contributed by atoms with van der Waals surface area (Å²) in [5.41, 5.74) is 1.04. The molecule has 1 aromatic rings. The Morgan fingerprint density at radius 1 is 1.36 bits per heavy atom. The molecule has 1 N–H and O–H groups in total. The van der Waals surface area contributed by atoms with Gasteiger partial charge in [-0.15, -0.1) is 12.4 Å². The highest BCUT2D eigenvalue weighted by Gasteiger charge is 2.34. The number of halogens is 2. The van der Waals surface area contributed by atoms with Crippen molar-refractivity contribution in [3.05, 3.63) is 34.9 Å². The standard InChI is InChI=1S/C15H19ClN2O3.ClH/c16-12-3-1-2-11(8-12)13-9-17-4-5-18(13)15(19)14-10-20-6-7-21-14;/h1-3,8,13-14,17H,4-7,9-10H2;1H. The molecule has 2 atom stereocenters. The van der Waals surface area contributed by atoms with E-state index in [1.165, 1.54) is 0 Å². The quantitative estimate of drug-likeness (QED) is 0.884. The van der Waals surface area contributed by atoms with Gasteiger partial charge < -0.3 is 19.7 Å². The molecular formula is C15H20Cl2N2O3. The number of hydrogen-bond donors (Lipinski definition) is 1. The molecule has 2 saturated heterocycles. The number of piperazine rings is 1. The number of ether oxygens (including phenoxy) is 2. The van der Waals surface area contributed by atoms with Crippen molar-refractivity contribution in [1.29, 1.82) is 0 Å². The molecule has 0 bridgehead atoms. The maximum absolute atomic E-state index is 12.7. The van der Waals surface area contributed by atoms with E-state index in [1.54, 1.807) is 0 Å². The molecule has 0 saturated carbocycles. The molecule has 1 aromatic carbocycles. The maximum atomic E-state index is 12.7. The van der Waals surface area contributed by atoms with Crippen molar-refractivity contribution >= 4 is 29.9 Å². The minimum Gasteiger partial charge on any atom is -0.376 e. The van der Waals surface area contributed by atoms with Gasteiger partial charge in [0, 0.05) is 24.7 Å². The fourth-order valence-electron chi connectivity index (χ4n) is 2.80. The number of amides is 1. The van der Waals surface area contributed by atoms with E-state index in [9.17, 15) is 4.79 Å². The van der Waals surface area contributed by atoms with Gasteiger partial charge in [-0.05, 0) is 17.7 Å². The van der Waals surface area contributed by atoms with Crippen molar-refractivity contribution in [2.24, 2.45) is 0 Å². The summed E-state index contributed by atoms with van der Waals surface area (Å²) in [4.78, 5) is 14.6. The molecule has 5 nitrogen and oxygen atoms in total. The van der Waals surface area contributed by atoms with E-state index in [0.717, 1.165) is 18.7 Å². The molecular weight excluding hydrogens is 327 g/mol. The van der Waals surface area contributed by atoms with E-state index < -0.39 is 6.10 Å². The van der Waals surface area contributed by atoms with Crippen molar-refractivity contribution in [3.63, 3.8) is 0 Å². The van der Waals surface area contributed by atoms with Crippen molar-refractivity contribution in [2.45, 2.75) is 12.1 Å². The SMILES string of the molecule is Cl.O=C(C1COCCO1)N1CCNCC1c1cccc(Cl)c1. The normalized spacial score (nSPS) is 25.4. The Kier molecular flexibility index (Phi) is 6.47. The van der Waals surface area contributed by atoms with Gasteiger partial charge in [-0.3, -0.25) is 4.79 Å². The molecule has 0 aromatic heterocycles. The summed E-state index contributed by atoms with van der Waals surface area (Å²) in [6.45, 7) is 3.55. The molecule has 0 aliphatic carbocycles. The number of benzene rings is 1. The molecule has 2 aliphatic heterocycles. The van der Waals surface area contributed by atoms with Crippen LogP contribution < -0.4 is 5.32 Å². The minimum atomic E-state index is -0.487. The summed E-state index contributed by atoms with van der Waals surface area (Å²) >= 11 is 6.07. The van der Waals surface area contributed by atoms with Crippen molar-refractivity contribution in [3.8, 4) is 0 Å². The Morgan fingerprint density at radius 2 is 2.23 bits per heavy atom. The van der Waals surface area contributed by atoms with Crippen molar-refractivity contribution in [1.82, 2.24) is 10.2 Å². The second kappa shape index (κ2) is 8.13. The van der Waals surface area contributed by atoms with E-state index in [2.05, 4.69) is 5.32 Å². The lowest BCUT2D eigenvalue weighted by atomic mass is 10.0. The molecule has 2 fully saturated rings. The number of nitrogens with one attached hydrogen (secondary N) is 1. The van der Waals surface area contributed by atoms with Crippen molar-refractivity contribution < 1.29 is 14.3 Å². The van der Waals surface area contributed by atoms with Crippen LogP contribution >= 0.6 is 24.0 Å². The molecule has 2 heterocycles. The lowest BCUT2D eigenvalue weighted by molar-refractivity contribution is -0.161. The smallest absolute Gasteiger partial charge is 0.254 e. The summed E-state index contributed by atoms with van der Waals surface area (Å²) in [5.74, 6) is 0.00109. The summed E-state index contributed by atoms with van der Waals surface area (Å²) < 4.78 is 10.9. The Morgan fingerprint density at radius 3 is 2.95 bits per heavy atom. The zero-order valence-electron chi connectivity index (χ0n) is 12.2. The van der Waals surface area contributed by atoms with Crippen LogP contribution in [0.15, 0.2) is 24.3 Å².